The third-order valence-corrected chi connectivity index (χ3v) is 11.0. The molecule has 5 fully saturated rings. The summed E-state index contributed by atoms with van der Waals surface area (Å²) in [6.07, 6.45) is 12.9. The van der Waals surface area contributed by atoms with Crippen molar-refractivity contribution in [3.63, 3.8) is 0 Å². The largest absolute Gasteiger partial charge is 0.367 e. The molecule has 4 aliphatic carbocycles. The molecule has 0 amide bonds. The minimum absolute atomic E-state index is 0.127. The van der Waals surface area contributed by atoms with Gasteiger partial charge >= 0.3 is 0 Å². The first kappa shape index (κ1) is 20.0. The van der Waals surface area contributed by atoms with Gasteiger partial charge in [-0.25, -0.2) is 0 Å². The lowest BCUT2D eigenvalue weighted by atomic mass is 9.46. The van der Waals surface area contributed by atoms with Gasteiger partial charge in [0, 0.05) is 6.42 Å². The molecule has 6 rings (SSSR count). The zero-order valence-electron chi connectivity index (χ0n) is 19.6. The molecule has 0 N–H and O–H groups in total. The molecular weight excluding hydrogens is 372 g/mol. The van der Waals surface area contributed by atoms with Gasteiger partial charge in [-0.3, -0.25) is 4.79 Å². The van der Waals surface area contributed by atoms with Gasteiger partial charge in [-0.1, -0.05) is 20.8 Å². The van der Waals surface area contributed by atoms with Crippen LogP contribution in [0.5, 0.6) is 0 Å². The normalized spacial score (nSPS) is 53.7. The average Bonchev–Trinajstić information content (AvgIpc) is 3.56. The Morgan fingerprint density at radius 2 is 1.87 bits per heavy atom. The Labute approximate surface area is 182 Å². The minimum Gasteiger partial charge on any atom is -0.367 e. The molecule has 30 heavy (non-hydrogen) atoms. The second kappa shape index (κ2) is 6.22. The van der Waals surface area contributed by atoms with Crippen LogP contribution in [-0.4, -0.2) is 29.7 Å². The Balaban J connectivity index is 1.22. The van der Waals surface area contributed by atoms with Crippen molar-refractivity contribution in [2.24, 2.45) is 40.4 Å². The molecule has 166 valence electrons. The van der Waals surface area contributed by atoms with E-state index in [4.69, 9.17) is 9.47 Å². The Morgan fingerprint density at radius 1 is 1.10 bits per heavy atom. The molecule has 0 bridgehead atoms. The molecule has 0 aromatic rings. The van der Waals surface area contributed by atoms with Gasteiger partial charge in [-0.2, -0.15) is 0 Å². The van der Waals surface area contributed by atoms with Crippen LogP contribution >= 0.6 is 0 Å². The molecular formula is C27H40O3. The monoisotopic (exact) mass is 412 g/mol. The second-order valence-corrected chi connectivity index (χ2v) is 12.8. The van der Waals surface area contributed by atoms with Crippen molar-refractivity contribution in [3.05, 3.63) is 11.6 Å². The summed E-state index contributed by atoms with van der Waals surface area (Å²) in [6.45, 7) is 12.1. The van der Waals surface area contributed by atoms with Gasteiger partial charge in [0.1, 0.15) is 6.10 Å². The van der Waals surface area contributed by atoms with Gasteiger partial charge in [0.15, 0.2) is 5.78 Å². The van der Waals surface area contributed by atoms with Crippen LogP contribution < -0.4 is 0 Å². The summed E-state index contributed by atoms with van der Waals surface area (Å²) in [5, 5.41) is 0. The first-order chi connectivity index (χ1) is 14.1. The average molecular weight is 413 g/mol. The molecule has 1 unspecified atom stereocenters. The van der Waals surface area contributed by atoms with Crippen molar-refractivity contribution in [2.75, 3.05) is 0 Å². The van der Waals surface area contributed by atoms with E-state index in [0.29, 0.717) is 35.2 Å². The lowest BCUT2D eigenvalue weighted by Gasteiger charge is -2.57. The van der Waals surface area contributed by atoms with Crippen LogP contribution in [0.25, 0.3) is 0 Å². The van der Waals surface area contributed by atoms with Crippen molar-refractivity contribution < 1.29 is 14.3 Å². The molecule has 2 aliphatic heterocycles. The SMILES string of the molecule is C[C@H](CCC1OC1(C)C)[C@H]1CC[C@H]2[C@@H]3[C@@H]4O[C@@H]4C4=CC(=O)CC[C@]4(C)[C@H]3CC[C@]12C. The summed E-state index contributed by atoms with van der Waals surface area (Å²) in [4.78, 5) is 12.1. The summed E-state index contributed by atoms with van der Waals surface area (Å²) >= 11 is 0. The van der Waals surface area contributed by atoms with E-state index in [2.05, 4.69) is 34.6 Å². The second-order valence-electron chi connectivity index (χ2n) is 12.8. The molecule has 3 nitrogen and oxygen atoms in total. The molecule has 3 saturated carbocycles. The van der Waals surface area contributed by atoms with Crippen LogP contribution in [0.1, 0.15) is 86.0 Å². The lowest BCUT2D eigenvalue weighted by molar-refractivity contribution is -0.117. The molecule has 10 atom stereocenters. The van der Waals surface area contributed by atoms with Gasteiger partial charge in [0.2, 0.25) is 0 Å². The number of epoxide rings is 2. The highest BCUT2D eigenvalue weighted by Gasteiger charge is 2.69. The maximum absolute atomic E-state index is 12.1. The number of fused-ring (bicyclic) bond motifs is 8. The van der Waals surface area contributed by atoms with Crippen LogP contribution in [-0.2, 0) is 14.3 Å². The summed E-state index contributed by atoms with van der Waals surface area (Å²) in [7, 11) is 0. The number of carbonyl (C=O) groups excluding carboxylic acids is 1. The van der Waals surface area contributed by atoms with Crippen molar-refractivity contribution in [2.45, 2.75) is 110 Å². The van der Waals surface area contributed by atoms with E-state index in [1.165, 1.54) is 44.1 Å². The fraction of sp³-hybridized carbons (Fsp3) is 0.889. The summed E-state index contributed by atoms with van der Waals surface area (Å²) in [6, 6.07) is 0. The predicted octanol–water partition coefficient (Wildman–Crippen LogP) is 5.72. The molecule has 0 aromatic carbocycles. The summed E-state index contributed by atoms with van der Waals surface area (Å²) in [5.41, 5.74) is 2.17. The maximum atomic E-state index is 12.1. The van der Waals surface area contributed by atoms with Crippen molar-refractivity contribution in [1.29, 1.82) is 0 Å². The quantitative estimate of drug-likeness (QED) is 0.555. The van der Waals surface area contributed by atoms with Gasteiger partial charge in [0.05, 0.1) is 17.8 Å². The van der Waals surface area contributed by atoms with Crippen molar-refractivity contribution in [1.82, 2.24) is 0 Å². The standard InChI is InChI=1S/C27H40O3/c1-15(6-9-21-25(2,3)30-21)17-7-8-18-22-19(11-13-26(17,18)4)27(5)12-10-16(28)14-20(27)23-24(22)29-23/h14-15,17-19,21-24H,6-13H2,1-5H3/t15-,17-,18+,19+,21?,22+,23-,24+,26-,27-/m1/s1. The predicted molar refractivity (Wildman–Crippen MR) is 117 cm³/mol. The Kier molecular flexibility index (Phi) is 4.14. The molecule has 2 saturated heterocycles. The van der Waals surface area contributed by atoms with E-state index in [-0.39, 0.29) is 17.1 Å². The first-order valence-electron chi connectivity index (χ1n) is 12.7. The summed E-state index contributed by atoms with van der Waals surface area (Å²) in [5.74, 6) is 4.20. The number of hydrogen-bond donors (Lipinski definition) is 0. The molecule has 0 aromatic heterocycles. The number of ketones is 1. The number of ether oxygens (including phenoxy) is 2. The number of rotatable bonds is 4. The molecule has 0 spiro atoms. The van der Waals surface area contributed by atoms with Crippen molar-refractivity contribution >= 4 is 5.78 Å². The van der Waals surface area contributed by atoms with Crippen LogP contribution in [0.2, 0.25) is 0 Å². The van der Waals surface area contributed by atoms with Gasteiger partial charge in [0.25, 0.3) is 0 Å². The van der Waals surface area contributed by atoms with Crippen LogP contribution in [0.3, 0.4) is 0 Å². The molecule has 3 heteroatoms. The van der Waals surface area contributed by atoms with Crippen LogP contribution in [0.15, 0.2) is 11.6 Å². The fourth-order valence-corrected chi connectivity index (χ4v) is 9.14. The highest BCUT2D eigenvalue weighted by molar-refractivity contribution is 5.92. The molecule has 2 heterocycles. The van der Waals surface area contributed by atoms with Crippen molar-refractivity contribution in [3.8, 4) is 0 Å². The van der Waals surface area contributed by atoms with E-state index in [0.717, 1.165) is 30.6 Å². The van der Waals surface area contributed by atoms with E-state index >= 15 is 0 Å². The van der Waals surface area contributed by atoms with E-state index < -0.39 is 0 Å². The maximum Gasteiger partial charge on any atom is 0.155 e. The number of hydrogen-bond acceptors (Lipinski definition) is 3. The zero-order chi connectivity index (χ0) is 21.1. The van der Waals surface area contributed by atoms with Gasteiger partial charge in [-0.15, -0.1) is 0 Å². The minimum atomic E-state index is 0.127. The highest BCUT2D eigenvalue weighted by atomic mass is 16.6. The zero-order valence-corrected chi connectivity index (χ0v) is 19.6. The summed E-state index contributed by atoms with van der Waals surface area (Å²) < 4.78 is 12.2. The third kappa shape index (κ3) is 2.66. The lowest BCUT2D eigenvalue weighted by Crippen LogP contribution is -2.53. The molecule has 0 radical (unpaired) electrons. The van der Waals surface area contributed by atoms with E-state index in [1.807, 2.05) is 6.08 Å². The Bertz CT molecular complexity index is 798. The van der Waals surface area contributed by atoms with E-state index in [9.17, 15) is 4.79 Å². The van der Waals surface area contributed by atoms with E-state index in [1.54, 1.807) is 0 Å². The smallest absolute Gasteiger partial charge is 0.155 e. The fourth-order valence-electron chi connectivity index (χ4n) is 9.14. The highest BCUT2D eigenvalue weighted by Crippen LogP contribution is 2.71. The molecule has 6 aliphatic rings. The van der Waals surface area contributed by atoms with Crippen LogP contribution in [0.4, 0.5) is 0 Å². The third-order valence-electron chi connectivity index (χ3n) is 11.0. The van der Waals surface area contributed by atoms with Gasteiger partial charge in [-0.05, 0) is 111 Å². The van der Waals surface area contributed by atoms with Crippen LogP contribution in [0, 0.1) is 40.4 Å². The Morgan fingerprint density at radius 3 is 2.60 bits per heavy atom. The topological polar surface area (TPSA) is 42.1 Å². The van der Waals surface area contributed by atoms with Gasteiger partial charge < -0.3 is 9.47 Å². The number of carbonyl (C=O) groups is 1. The Hall–Kier alpha value is -0.670. The first-order valence-corrected chi connectivity index (χ1v) is 12.7.